The van der Waals surface area contributed by atoms with Crippen LogP contribution < -0.4 is 0 Å². The number of carbonyl (C=O) groups excluding carboxylic acids is 1. The van der Waals surface area contributed by atoms with E-state index in [1.54, 1.807) is 4.90 Å². The maximum absolute atomic E-state index is 12.9. The Balaban J connectivity index is 1.44. The van der Waals surface area contributed by atoms with Gasteiger partial charge >= 0.3 is 6.09 Å². The van der Waals surface area contributed by atoms with Gasteiger partial charge < -0.3 is 9.84 Å². The van der Waals surface area contributed by atoms with Gasteiger partial charge in [0.2, 0.25) is 0 Å². The lowest BCUT2D eigenvalue weighted by atomic mass is 9.74. The van der Waals surface area contributed by atoms with Crippen molar-refractivity contribution < 1.29 is 14.6 Å². The van der Waals surface area contributed by atoms with E-state index in [0.717, 1.165) is 46.9 Å². The van der Waals surface area contributed by atoms with Gasteiger partial charge in [-0.3, -0.25) is 9.47 Å². The fourth-order valence-electron chi connectivity index (χ4n) is 5.43. The van der Waals surface area contributed by atoms with E-state index >= 15 is 0 Å². The molecule has 7 heteroatoms. The Morgan fingerprint density at radius 1 is 1.03 bits per heavy atom. The molecular weight excluding hydrogens is 440 g/mol. The lowest BCUT2D eigenvalue weighted by Gasteiger charge is -2.37. The predicted octanol–water partition coefficient (Wildman–Crippen LogP) is 5.37. The van der Waals surface area contributed by atoms with Crippen LogP contribution in [0.25, 0.3) is 5.69 Å². The number of benzene rings is 2. The second kappa shape index (κ2) is 8.79. The number of nitrogens with zero attached hydrogens (tertiary/aromatic N) is 4. The molecule has 0 bridgehead atoms. The SMILES string of the molecule is Cc1ccccc1C1(O)CCC(c2nnc3n2-c2ccccc2CN(C(=O)OC(C)(C)C)C3)CC1. The van der Waals surface area contributed by atoms with Crippen LogP contribution in [0.4, 0.5) is 4.79 Å². The van der Waals surface area contributed by atoms with Crippen LogP contribution in [-0.2, 0) is 23.4 Å². The van der Waals surface area contributed by atoms with Crippen molar-refractivity contribution in [2.75, 3.05) is 0 Å². The largest absolute Gasteiger partial charge is 0.444 e. The molecule has 7 nitrogen and oxygen atoms in total. The standard InChI is InChI=1S/C28H34N4O3/c1-19-9-5-7-11-22(19)28(34)15-13-20(14-16-28)25-30-29-24-18-31(26(33)35-27(2,3)4)17-21-10-6-8-12-23(21)32(24)25/h5-12,20,34H,13-18H2,1-4H3. The minimum absolute atomic E-state index is 0.182. The van der Waals surface area contributed by atoms with Crippen molar-refractivity contribution >= 4 is 6.09 Å². The van der Waals surface area contributed by atoms with Crippen LogP contribution in [0.15, 0.2) is 48.5 Å². The molecule has 0 atom stereocenters. The van der Waals surface area contributed by atoms with E-state index in [9.17, 15) is 9.90 Å². The summed E-state index contributed by atoms with van der Waals surface area (Å²) in [6.07, 6.45) is 2.64. The van der Waals surface area contributed by atoms with Gasteiger partial charge in [-0.15, -0.1) is 10.2 Å². The highest BCUT2D eigenvalue weighted by atomic mass is 16.6. The fraction of sp³-hybridized carbons (Fsp3) is 0.464. The van der Waals surface area contributed by atoms with E-state index in [1.165, 1.54) is 0 Å². The van der Waals surface area contributed by atoms with Gasteiger partial charge in [-0.1, -0.05) is 42.5 Å². The first-order valence-corrected chi connectivity index (χ1v) is 12.4. The van der Waals surface area contributed by atoms with E-state index in [-0.39, 0.29) is 12.0 Å². The van der Waals surface area contributed by atoms with Gasteiger partial charge in [-0.05, 0) is 76.1 Å². The Bertz CT molecular complexity index is 1230. The molecule has 2 heterocycles. The van der Waals surface area contributed by atoms with E-state index in [2.05, 4.69) is 33.8 Å². The summed E-state index contributed by atoms with van der Waals surface area (Å²) < 4.78 is 7.79. The second-order valence-electron chi connectivity index (χ2n) is 10.9. The van der Waals surface area contributed by atoms with Gasteiger partial charge in [0.25, 0.3) is 0 Å². The maximum atomic E-state index is 12.9. The third-order valence-corrected chi connectivity index (χ3v) is 7.16. The van der Waals surface area contributed by atoms with Gasteiger partial charge in [0.1, 0.15) is 11.4 Å². The zero-order chi connectivity index (χ0) is 24.8. The summed E-state index contributed by atoms with van der Waals surface area (Å²) in [6, 6.07) is 16.2. The Kier molecular flexibility index (Phi) is 5.91. The van der Waals surface area contributed by atoms with Crippen LogP contribution in [0, 0.1) is 6.92 Å². The van der Waals surface area contributed by atoms with E-state index in [0.29, 0.717) is 25.9 Å². The summed E-state index contributed by atoms with van der Waals surface area (Å²) in [6.45, 7) is 8.46. The molecule has 0 unspecified atom stereocenters. The highest BCUT2D eigenvalue weighted by Gasteiger charge is 2.39. The molecule has 3 aromatic rings. The number of hydrogen-bond donors (Lipinski definition) is 1. The molecule has 5 rings (SSSR count). The van der Waals surface area contributed by atoms with Crippen LogP contribution in [0.3, 0.4) is 0 Å². The average Bonchev–Trinajstić information content (AvgIpc) is 3.14. The van der Waals surface area contributed by atoms with Gasteiger partial charge in [-0.25, -0.2) is 4.79 Å². The third kappa shape index (κ3) is 4.57. The minimum atomic E-state index is -0.811. The van der Waals surface area contributed by atoms with Gasteiger partial charge in [0.15, 0.2) is 5.82 Å². The average molecular weight is 475 g/mol. The number of ether oxygens (including phenoxy) is 1. The van der Waals surface area contributed by atoms with Crippen molar-refractivity contribution in [3.8, 4) is 5.69 Å². The Morgan fingerprint density at radius 2 is 1.71 bits per heavy atom. The number of fused-ring (bicyclic) bond motifs is 3. The molecule has 1 fully saturated rings. The minimum Gasteiger partial charge on any atom is -0.444 e. The molecule has 1 aromatic heterocycles. The molecule has 0 saturated heterocycles. The summed E-state index contributed by atoms with van der Waals surface area (Å²) >= 11 is 0. The smallest absolute Gasteiger partial charge is 0.411 e. The zero-order valence-electron chi connectivity index (χ0n) is 21.0. The summed E-state index contributed by atoms with van der Waals surface area (Å²) in [4.78, 5) is 14.6. The van der Waals surface area contributed by atoms with Gasteiger partial charge in [0.05, 0.1) is 24.4 Å². The zero-order valence-corrected chi connectivity index (χ0v) is 21.0. The monoisotopic (exact) mass is 474 g/mol. The predicted molar refractivity (Wildman–Crippen MR) is 133 cm³/mol. The highest BCUT2D eigenvalue weighted by molar-refractivity contribution is 5.68. The molecular formula is C28H34N4O3. The van der Waals surface area contributed by atoms with Crippen LogP contribution in [0.2, 0.25) is 0 Å². The first-order chi connectivity index (χ1) is 16.6. The maximum Gasteiger partial charge on any atom is 0.411 e. The van der Waals surface area contributed by atoms with E-state index in [1.807, 2.05) is 57.2 Å². The molecule has 1 N–H and O–H groups in total. The number of hydrogen-bond acceptors (Lipinski definition) is 5. The Labute approximate surface area is 206 Å². The van der Waals surface area contributed by atoms with Crippen molar-refractivity contribution in [3.05, 3.63) is 76.9 Å². The molecule has 1 aliphatic carbocycles. The summed E-state index contributed by atoms with van der Waals surface area (Å²) in [5, 5.41) is 20.6. The van der Waals surface area contributed by atoms with Gasteiger partial charge in [0, 0.05) is 5.92 Å². The number of para-hydroxylation sites is 1. The summed E-state index contributed by atoms with van der Waals surface area (Å²) in [7, 11) is 0. The molecule has 2 aliphatic rings. The number of aryl methyl sites for hydroxylation is 1. The van der Waals surface area contributed by atoms with Crippen molar-refractivity contribution in [2.45, 2.75) is 83.6 Å². The van der Waals surface area contributed by atoms with Crippen molar-refractivity contribution in [2.24, 2.45) is 0 Å². The van der Waals surface area contributed by atoms with E-state index in [4.69, 9.17) is 4.74 Å². The lowest BCUT2D eigenvalue weighted by Crippen LogP contribution is -2.35. The number of aliphatic hydroxyl groups is 1. The summed E-state index contributed by atoms with van der Waals surface area (Å²) in [5.74, 6) is 1.82. The van der Waals surface area contributed by atoms with Crippen molar-refractivity contribution in [1.29, 1.82) is 0 Å². The topological polar surface area (TPSA) is 80.5 Å². The lowest BCUT2D eigenvalue weighted by molar-refractivity contribution is -0.00702. The molecule has 1 saturated carbocycles. The molecule has 1 amide bonds. The fourth-order valence-corrected chi connectivity index (χ4v) is 5.43. The number of amides is 1. The molecule has 0 radical (unpaired) electrons. The van der Waals surface area contributed by atoms with Crippen molar-refractivity contribution in [3.63, 3.8) is 0 Å². The number of rotatable bonds is 2. The molecule has 1 aliphatic heterocycles. The molecule has 184 valence electrons. The quantitative estimate of drug-likeness (QED) is 0.540. The number of aromatic nitrogens is 3. The first kappa shape index (κ1) is 23.5. The van der Waals surface area contributed by atoms with Crippen LogP contribution in [0.1, 0.15) is 80.7 Å². The third-order valence-electron chi connectivity index (χ3n) is 7.16. The van der Waals surface area contributed by atoms with Crippen LogP contribution in [-0.4, -0.2) is 36.5 Å². The summed E-state index contributed by atoms with van der Waals surface area (Å²) in [5.41, 5.74) is 2.81. The second-order valence-corrected chi connectivity index (χ2v) is 10.9. The normalized spacial score (nSPS) is 22.2. The Morgan fingerprint density at radius 3 is 2.43 bits per heavy atom. The van der Waals surface area contributed by atoms with E-state index < -0.39 is 11.2 Å². The molecule has 0 spiro atoms. The molecule has 2 aromatic carbocycles. The Hall–Kier alpha value is -3.19. The van der Waals surface area contributed by atoms with Crippen molar-refractivity contribution in [1.82, 2.24) is 19.7 Å². The molecule has 35 heavy (non-hydrogen) atoms. The van der Waals surface area contributed by atoms with Gasteiger partial charge in [-0.2, -0.15) is 0 Å². The number of carbonyl (C=O) groups is 1. The van der Waals surface area contributed by atoms with Crippen LogP contribution >= 0.6 is 0 Å². The first-order valence-electron chi connectivity index (χ1n) is 12.4. The van der Waals surface area contributed by atoms with Crippen LogP contribution in [0.5, 0.6) is 0 Å². The highest BCUT2D eigenvalue weighted by Crippen LogP contribution is 2.44.